The number of hydrogen-bond acceptors (Lipinski definition) is 3. The summed E-state index contributed by atoms with van der Waals surface area (Å²) < 4.78 is 18.0. The molecule has 4 nitrogen and oxygen atoms in total. The van der Waals surface area contributed by atoms with E-state index in [-0.39, 0.29) is 17.6 Å². The van der Waals surface area contributed by atoms with Crippen molar-refractivity contribution in [2.24, 2.45) is 5.92 Å². The maximum atomic E-state index is 12.7. The molecule has 6 heteroatoms. The molecule has 0 saturated heterocycles. The van der Waals surface area contributed by atoms with Crippen LogP contribution in [-0.4, -0.2) is 18.0 Å². The van der Waals surface area contributed by atoms with Gasteiger partial charge in [-0.25, -0.2) is 4.39 Å². The minimum Gasteiger partial charge on any atom is -0.497 e. The van der Waals surface area contributed by atoms with E-state index in [1.807, 2.05) is 36.5 Å². The summed E-state index contributed by atoms with van der Waals surface area (Å²) in [5.41, 5.74) is 4.40. The Hall–Kier alpha value is -4.03. The SMILES string of the molecule is COc1cccc(-c2c[nH]c3ccccc23)c1.O=C(NCc1ccc(F)cc1)C1C=CC=C(S)C=C1. The number of carbonyl (C=O) groups excluding carboxylic acids is 1. The molecule has 1 atom stereocenters. The van der Waals surface area contributed by atoms with E-state index in [0.717, 1.165) is 21.7 Å². The molecule has 4 aromatic rings. The zero-order valence-corrected chi connectivity index (χ0v) is 20.7. The number of aromatic amines is 1. The zero-order valence-electron chi connectivity index (χ0n) is 19.8. The number of carbonyl (C=O) groups is 1. The van der Waals surface area contributed by atoms with Gasteiger partial charge in [-0.1, -0.05) is 66.8 Å². The Morgan fingerprint density at radius 2 is 1.86 bits per heavy atom. The number of thiol groups is 1. The average Bonchev–Trinajstić information content (AvgIpc) is 3.22. The molecular weight excluding hydrogens is 471 g/mol. The molecule has 0 aliphatic heterocycles. The van der Waals surface area contributed by atoms with Gasteiger partial charge in [0.2, 0.25) is 5.91 Å². The first-order valence-electron chi connectivity index (χ1n) is 11.5. The van der Waals surface area contributed by atoms with Gasteiger partial charge < -0.3 is 15.0 Å². The van der Waals surface area contributed by atoms with Gasteiger partial charge in [-0.05, 0) is 47.5 Å². The summed E-state index contributed by atoms with van der Waals surface area (Å²) in [4.78, 5) is 16.1. The van der Waals surface area contributed by atoms with Crippen LogP contribution in [0, 0.1) is 11.7 Å². The van der Waals surface area contributed by atoms with E-state index >= 15 is 0 Å². The molecule has 1 amide bonds. The number of H-pyrrole nitrogens is 1. The maximum absolute atomic E-state index is 12.7. The van der Waals surface area contributed by atoms with Crippen LogP contribution in [0.5, 0.6) is 5.75 Å². The van der Waals surface area contributed by atoms with Crippen LogP contribution in [0.4, 0.5) is 4.39 Å². The lowest BCUT2D eigenvalue weighted by molar-refractivity contribution is -0.122. The standard InChI is InChI=1S/C15H14FNOS.C15H13NO/c16-13-7-4-11(5-8-13)10-17-15(18)12-2-1-3-14(19)9-6-12;1-17-12-6-4-5-11(9-12)14-10-16-15-8-3-2-7-13(14)15/h1-9,12,19H,10H2,(H,17,18);2-10,16H,1H3. The van der Waals surface area contributed by atoms with Crippen LogP contribution in [0.2, 0.25) is 0 Å². The number of fused-ring (bicyclic) bond motifs is 1. The molecule has 1 aromatic heterocycles. The molecule has 1 heterocycles. The quantitative estimate of drug-likeness (QED) is 0.264. The minimum absolute atomic E-state index is 0.0896. The number of para-hydroxylation sites is 1. The van der Waals surface area contributed by atoms with Crippen LogP contribution in [0.1, 0.15) is 5.56 Å². The fourth-order valence-electron chi connectivity index (χ4n) is 3.78. The van der Waals surface area contributed by atoms with E-state index in [4.69, 9.17) is 4.74 Å². The number of benzene rings is 3. The predicted octanol–water partition coefficient (Wildman–Crippen LogP) is 6.84. The van der Waals surface area contributed by atoms with Crippen molar-refractivity contribution in [2.75, 3.05) is 7.11 Å². The Bertz CT molecular complexity index is 1420. The molecule has 0 spiro atoms. The number of hydrogen-bond donors (Lipinski definition) is 3. The maximum Gasteiger partial charge on any atom is 0.231 e. The van der Waals surface area contributed by atoms with Crippen molar-refractivity contribution in [1.29, 1.82) is 0 Å². The van der Waals surface area contributed by atoms with Gasteiger partial charge in [-0.3, -0.25) is 4.79 Å². The van der Waals surface area contributed by atoms with Gasteiger partial charge in [0.15, 0.2) is 0 Å². The lowest BCUT2D eigenvalue weighted by atomic mass is 10.0. The Labute approximate surface area is 215 Å². The van der Waals surface area contributed by atoms with Crippen molar-refractivity contribution < 1.29 is 13.9 Å². The number of amides is 1. The second-order valence-electron chi connectivity index (χ2n) is 8.19. The lowest BCUT2D eigenvalue weighted by Gasteiger charge is -2.09. The van der Waals surface area contributed by atoms with Crippen LogP contribution in [0.25, 0.3) is 22.0 Å². The number of nitrogens with one attached hydrogen (secondary N) is 2. The van der Waals surface area contributed by atoms with Crippen LogP contribution >= 0.6 is 12.6 Å². The van der Waals surface area contributed by atoms with Gasteiger partial charge in [0.05, 0.1) is 13.0 Å². The number of aromatic nitrogens is 1. The molecule has 3 aromatic carbocycles. The van der Waals surface area contributed by atoms with Crippen molar-refractivity contribution >= 4 is 29.4 Å². The Morgan fingerprint density at radius 3 is 2.67 bits per heavy atom. The highest BCUT2D eigenvalue weighted by molar-refractivity contribution is 7.84. The van der Waals surface area contributed by atoms with E-state index < -0.39 is 0 Å². The molecule has 0 fully saturated rings. The summed E-state index contributed by atoms with van der Waals surface area (Å²) in [6.45, 7) is 0.387. The van der Waals surface area contributed by atoms with Gasteiger partial charge in [-0.2, -0.15) is 0 Å². The summed E-state index contributed by atoms with van der Waals surface area (Å²) in [5.74, 6) is 0.208. The molecule has 1 aliphatic rings. The Kier molecular flexibility index (Phi) is 8.42. The average molecular weight is 499 g/mol. The highest BCUT2D eigenvalue weighted by Crippen LogP contribution is 2.30. The summed E-state index contributed by atoms with van der Waals surface area (Å²) in [6, 6.07) is 22.5. The highest BCUT2D eigenvalue weighted by atomic mass is 32.1. The second-order valence-corrected chi connectivity index (χ2v) is 8.70. The van der Waals surface area contributed by atoms with E-state index in [2.05, 4.69) is 53.3 Å². The first-order chi connectivity index (χ1) is 17.5. The van der Waals surface area contributed by atoms with Crippen molar-refractivity contribution in [3.05, 3.63) is 126 Å². The number of rotatable bonds is 5. The zero-order chi connectivity index (χ0) is 25.3. The summed E-state index contributed by atoms with van der Waals surface area (Å²) in [7, 11) is 1.69. The Balaban J connectivity index is 0.000000170. The fraction of sp³-hybridized carbons (Fsp3) is 0.100. The number of halogens is 1. The summed E-state index contributed by atoms with van der Waals surface area (Å²) in [5, 5.41) is 4.06. The van der Waals surface area contributed by atoms with Crippen molar-refractivity contribution in [2.45, 2.75) is 6.54 Å². The second kappa shape index (κ2) is 12.1. The predicted molar refractivity (Wildman–Crippen MR) is 147 cm³/mol. The molecule has 0 bridgehead atoms. The molecule has 182 valence electrons. The molecular formula is C30H27FN2O2S. The van der Waals surface area contributed by atoms with Gasteiger partial charge in [0.1, 0.15) is 11.6 Å². The first-order valence-corrected chi connectivity index (χ1v) is 12.0. The molecule has 0 saturated carbocycles. The van der Waals surface area contributed by atoms with Crippen molar-refractivity contribution in [3.8, 4) is 16.9 Å². The van der Waals surface area contributed by atoms with Crippen molar-refractivity contribution in [3.63, 3.8) is 0 Å². The summed E-state index contributed by atoms with van der Waals surface area (Å²) in [6.07, 6.45) is 11.1. The number of allylic oxidation sites excluding steroid dienone is 3. The molecule has 1 aliphatic carbocycles. The Morgan fingerprint density at radius 1 is 1.06 bits per heavy atom. The third kappa shape index (κ3) is 6.55. The van der Waals surface area contributed by atoms with E-state index in [1.54, 1.807) is 37.5 Å². The molecule has 0 radical (unpaired) electrons. The third-order valence-electron chi connectivity index (χ3n) is 5.71. The smallest absolute Gasteiger partial charge is 0.231 e. The highest BCUT2D eigenvalue weighted by Gasteiger charge is 2.12. The molecule has 36 heavy (non-hydrogen) atoms. The topological polar surface area (TPSA) is 54.1 Å². The monoisotopic (exact) mass is 498 g/mol. The van der Waals surface area contributed by atoms with E-state index in [0.29, 0.717) is 6.54 Å². The molecule has 2 N–H and O–H groups in total. The van der Waals surface area contributed by atoms with Gasteiger partial charge in [0.25, 0.3) is 0 Å². The van der Waals surface area contributed by atoms with Crippen LogP contribution in [0.15, 0.2) is 114 Å². The van der Waals surface area contributed by atoms with E-state index in [1.165, 1.54) is 28.6 Å². The molecule has 1 unspecified atom stereocenters. The van der Waals surface area contributed by atoms with Crippen LogP contribution in [-0.2, 0) is 11.3 Å². The van der Waals surface area contributed by atoms with Gasteiger partial charge in [-0.15, -0.1) is 12.6 Å². The third-order valence-corrected chi connectivity index (χ3v) is 6.01. The summed E-state index contributed by atoms with van der Waals surface area (Å²) >= 11 is 4.21. The number of ether oxygens (including phenoxy) is 1. The number of methoxy groups -OCH3 is 1. The normalized spacial score (nSPS) is 14.4. The fourth-order valence-corrected chi connectivity index (χ4v) is 3.95. The first kappa shape index (κ1) is 25.1. The van der Waals surface area contributed by atoms with Crippen LogP contribution < -0.4 is 10.1 Å². The molecule has 5 rings (SSSR count). The van der Waals surface area contributed by atoms with E-state index in [9.17, 15) is 9.18 Å². The lowest BCUT2D eigenvalue weighted by Crippen LogP contribution is -2.28. The largest absolute Gasteiger partial charge is 0.497 e. The van der Waals surface area contributed by atoms with Gasteiger partial charge in [0, 0.05) is 34.1 Å². The van der Waals surface area contributed by atoms with Crippen LogP contribution in [0.3, 0.4) is 0 Å². The minimum atomic E-state index is -0.304. The van der Waals surface area contributed by atoms with Gasteiger partial charge >= 0.3 is 0 Å². The van der Waals surface area contributed by atoms with Crippen molar-refractivity contribution in [1.82, 2.24) is 10.3 Å².